The molecular weight excluding hydrogens is 240 g/mol. The number of nitrogens with zero attached hydrogens (tertiary/aromatic N) is 3. The highest BCUT2D eigenvalue weighted by Gasteiger charge is 2.49. The van der Waals surface area contributed by atoms with Crippen LogP contribution in [0.1, 0.15) is 19.3 Å². The predicted octanol–water partition coefficient (Wildman–Crippen LogP) is 1.93. The predicted molar refractivity (Wildman–Crippen MR) is 68.7 cm³/mol. The molecule has 0 aromatic carbocycles. The van der Waals surface area contributed by atoms with Gasteiger partial charge in [-0.3, -0.25) is 9.60 Å². The molecule has 0 amide bonds. The third-order valence-corrected chi connectivity index (χ3v) is 3.57. The molecule has 2 saturated heterocycles. The second-order valence-corrected chi connectivity index (χ2v) is 4.62. The average Bonchev–Trinajstić information content (AvgIpc) is 2.80. The van der Waals surface area contributed by atoms with Crippen LogP contribution in [0.5, 0.6) is 0 Å². The van der Waals surface area contributed by atoms with Crippen LogP contribution in [0.2, 0.25) is 0 Å². The van der Waals surface area contributed by atoms with Gasteiger partial charge in [0.1, 0.15) is 12.8 Å². The first-order valence-corrected chi connectivity index (χ1v) is 5.87. The van der Waals surface area contributed by atoms with Crippen molar-refractivity contribution in [3.05, 3.63) is 12.8 Å². The minimum absolute atomic E-state index is 0. The SMILES string of the molecule is C=CN=C(N=C)OC[C@@]12CCCN1C[C@H](F)C2.F. The Hall–Kier alpha value is -1.30. The summed E-state index contributed by atoms with van der Waals surface area (Å²) < 4.78 is 19.0. The minimum Gasteiger partial charge on any atom is -0.462 e. The standard InChI is InChI=1S/C12H18FN3O.FH/c1-3-15-11(14-2)17-9-12-5-4-6-16(12)8-10(13)7-12;/h3,10H,1-2,4-9H2;1H/t10-,12+;/m1./s1. The molecule has 0 bridgehead atoms. The summed E-state index contributed by atoms with van der Waals surface area (Å²) in [5, 5.41) is 0. The fourth-order valence-electron chi connectivity index (χ4n) is 2.85. The Balaban J connectivity index is 0.00000162. The molecular formula is C12H19F2N3O. The van der Waals surface area contributed by atoms with Gasteiger partial charge in [0.25, 0.3) is 0 Å². The maximum Gasteiger partial charge on any atom is 0.315 e. The van der Waals surface area contributed by atoms with Gasteiger partial charge in [-0.2, -0.15) is 0 Å². The summed E-state index contributed by atoms with van der Waals surface area (Å²) in [4.78, 5) is 9.70. The summed E-state index contributed by atoms with van der Waals surface area (Å²) in [6.07, 6.45) is 3.25. The number of halogens is 2. The molecule has 0 unspecified atom stereocenters. The second kappa shape index (κ2) is 6.04. The Kier molecular flexibility index (Phi) is 4.95. The van der Waals surface area contributed by atoms with Crippen LogP contribution < -0.4 is 0 Å². The lowest BCUT2D eigenvalue weighted by Gasteiger charge is -2.30. The van der Waals surface area contributed by atoms with Crippen molar-refractivity contribution in [1.82, 2.24) is 4.90 Å². The molecule has 18 heavy (non-hydrogen) atoms. The molecule has 2 aliphatic heterocycles. The van der Waals surface area contributed by atoms with Gasteiger partial charge in [-0.05, 0) is 26.1 Å². The molecule has 2 aliphatic rings. The van der Waals surface area contributed by atoms with Gasteiger partial charge in [0.15, 0.2) is 0 Å². The van der Waals surface area contributed by atoms with Crippen molar-refractivity contribution in [3.8, 4) is 0 Å². The summed E-state index contributed by atoms with van der Waals surface area (Å²) in [7, 11) is 0. The van der Waals surface area contributed by atoms with E-state index in [-0.39, 0.29) is 16.3 Å². The first-order valence-electron chi connectivity index (χ1n) is 5.87. The normalized spacial score (nSPS) is 31.6. The van der Waals surface area contributed by atoms with Crippen LogP contribution in [0, 0.1) is 0 Å². The smallest absolute Gasteiger partial charge is 0.315 e. The number of amidine groups is 1. The number of ether oxygens (including phenoxy) is 1. The first kappa shape index (κ1) is 14.8. The molecule has 0 saturated carbocycles. The first-order chi connectivity index (χ1) is 8.20. The number of alkyl halides is 1. The maximum absolute atomic E-state index is 13.5. The molecule has 6 heteroatoms. The molecule has 0 aromatic heterocycles. The third kappa shape index (κ3) is 2.75. The van der Waals surface area contributed by atoms with E-state index in [0.29, 0.717) is 19.6 Å². The lowest BCUT2D eigenvalue weighted by atomic mass is 9.95. The van der Waals surface area contributed by atoms with E-state index in [9.17, 15) is 4.39 Å². The summed E-state index contributed by atoms with van der Waals surface area (Å²) in [6, 6.07) is 0.212. The van der Waals surface area contributed by atoms with Crippen molar-refractivity contribution >= 4 is 12.7 Å². The Morgan fingerprint density at radius 2 is 2.39 bits per heavy atom. The Morgan fingerprint density at radius 1 is 1.61 bits per heavy atom. The van der Waals surface area contributed by atoms with Crippen molar-refractivity contribution in [2.45, 2.75) is 31.0 Å². The highest BCUT2D eigenvalue weighted by molar-refractivity contribution is 5.79. The Morgan fingerprint density at radius 3 is 3.06 bits per heavy atom. The number of rotatable bonds is 3. The number of hydrogen-bond donors (Lipinski definition) is 0. The van der Waals surface area contributed by atoms with Crippen LogP contribution >= 0.6 is 0 Å². The molecule has 2 heterocycles. The van der Waals surface area contributed by atoms with Crippen LogP contribution in [0.15, 0.2) is 22.8 Å². The van der Waals surface area contributed by atoms with Gasteiger partial charge in [0.05, 0.1) is 5.54 Å². The highest BCUT2D eigenvalue weighted by Crippen LogP contribution is 2.40. The largest absolute Gasteiger partial charge is 0.462 e. The second-order valence-electron chi connectivity index (χ2n) is 4.62. The fraction of sp³-hybridized carbons (Fsp3) is 0.667. The Bertz CT molecular complexity index is 348. The van der Waals surface area contributed by atoms with Crippen LogP contribution in [0.25, 0.3) is 0 Å². The van der Waals surface area contributed by atoms with E-state index in [0.717, 1.165) is 19.4 Å². The van der Waals surface area contributed by atoms with E-state index < -0.39 is 6.17 Å². The van der Waals surface area contributed by atoms with Gasteiger partial charge >= 0.3 is 6.02 Å². The average molecular weight is 259 g/mol. The molecule has 4 nitrogen and oxygen atoms in total. The lowest BCUT2D eigenvalue weighted by Crippen LogP contribution is -2.42. The van der Waals surface area contributed by atoms with Crippen molar-refractivity contribution < 1.29 is 13.8 Å². The number of fused-ring (bicyclic) bond motifs is 1. The quantitative estimate of drug-likeness (QED) is 0.573. The maximum atomic E-state index is 13.5. The Labute approximate surface area is 106 Å². The molecule has 0 N–H and O–H groups in total. The fourth-order valence-corrected chi connectivity index (χ4v) is 2.85. The van der Waals surface area contributed by atoms with Crippen LogP contribution in [0.4, 0.5) is 9.09 Å². The molecule has 0 aromatic rings. The van der Waals surface area contributed by atoms with Crippen molar-refractivity contribution in [3.63, 3.8) is 0 Å². The zero-order chi connectivity index (χ0) is 12.3. The van der Waals surface area contributed by atoms with Crippen molar-refractivity contribution in [1.29, 1.82) is 0 Å². The van der Waals surface area contributed by atoms with E-state index in [1.807, 2.05) is 0 Å². The van der Waals surface area contributed by atoms with E-state index >= 15 is 0 Å². The van der Waals surface area contributed by atoms with Gasteiger partial charge in [0, 0.05) is 19.2 Å². The zero-order valence-electron chi connectivity index (χ0n) is 10.3. The van der Waals surface area contributed by atoms with Gasteiger partial charge in [0.2, 0.25) is 0 Å². The molecule has 102 valence electrons. The molecule has 0 radical (unpaired) electrons. The van der Waals surface area contributed by atoms with Gasteiger partial charge in [-0.1, -0.05) is 6.58 Å². The molecule has 2 rings (SSSR count). The topological polar surface area (TPSA) is 37.2 Å². The van der Waals surface area contributed by atoms with E-state index in [4.69, 9.17) is 4.74 Å². The van der Waals surface area contributed by atoms with Crippen molar-refractivity contribution in [2.75, 3.05) is 19.7 Å². The number of hydrogen-bond acceptors (Lipinski definition) is 3. The third-order valence-electron chi connectivity index (χ3n) is 3.57. The summed E-state index contributed by atoms with van der Waals surface area (Å²) in [6.45, 7) is 8.77. The van der Waals surface area contributed by atoms with E-state index in [1.54, 1.807) is 0 Å². The van der Waals surface area contributed by atoms with Crippen LogP contribution in [-0.2, 0) is 4.74 Å². The molecule has 2 atom stereocenters. The van der Waals surface area contributed by atoms with Crippen molar-refractivity contribution in [2.24, 2.45) is 9.98 Å². The molecule has 0 aliphatic carbocycles. The van der Waals surface area contributed by atoms with Gasteiger partial charge < -0.3 is 4.74 Å². The van der Waals surface area contributed by atoms with Crippen LogP contribution in [-0.4, -0.2) is 49.0 Å². The summed E-state index contributed by atoms with van der Waals surface area (Å²) >= 11 is 0. The monoisotopic (exact) mass is 259 g/mol. The van der Waals surface area contributed by atoms with Gasteiger partial charge in [-0.15, -0.1) is 0 Å². The number of aliphatic imine (C=N–C) groups is 2. The minimum atomic E-state index is -0.740. The summed E-state index contributed by atoms with van der Waals surface area (Å²) in [5.74, 6) is 0. The summed E-state index contributed by atoms with van der Waals surface area (Å²) in [5.41, 5.74) is -0.161. The lowest BCUT2D eigenvalue weighted by molar-refractivity contribution is 0.106. The molecule has 0 spiro atoms. The zero-order valence-corrected chi connectivity index (χ0v) is 10.3. The molecule has 2 fully saturated rings. The van der Waals surface area contributed by atoms with E-state index in [1.165, 1.54) is 6.20 Å². The van der Waals surface area contributed by atoms with E-state index in [2.05, 4.69) is 28.2 Å². The van der Waals surface area contributed by atoms with Crippen LogP contribution in [0.3, 0.4) is 0 Å². The van der Waals surface area contributed by atoms with Gasteiger partial charge in [-0.25, -0.2) is 14.4 Å². The highest BCUT2D eigenvalue weighted by atomic mass is 19.1.